The van der Waals surface area contributed by atoms with Crippen LogP contribution in [0, 0.1) is 0 Å². The summed E-state index contributed by atoms with van der Waals surface area (Å²) in [6.45, 7) is 0.919. The van der Waals surface area contributed by atoms with Crippen LogP contribution in [-0.4, -0.2) is 18.6 Å². The van der Waals surface area contributed by atoms with Gasteiger partial charge in [0.1, 0.15) is 0 Å². The van der Waals surface area contributed by atoms with Crippen molar-refractivity contribution in [2.45, 2.75) is 37.7 Å². The van der Waals surface area contributed by atoms with Crippen LogP contribution in [0.25, 0.3) is 0 Å². The minimum Gasteiger partial charge on any atom is -0.378 e. The normalized spacial score (nSPS) is 21.6. The van der Waals surface area contributed by atoms with E-state index >= 15 is 0 Å². The Morgan fingerprint density at radius 1 is 1.35 bits per heavy atom. The van der Waals surface area contributed by atoms with Crippen LogP contribution in [0.15, 0.2) is 24.3 Å². The Labute approximate surface area is 113 Å². The predicted octanol–water partition coefficient (Wildman–Crippen LogP) is 4.62. The van der Waals surface area contributed by atoms with Gasteiger partial charge in [0.05, 0.1) is 6.10 Å². The maximum absolute atomic E-state index is 6.20. The van der Waals surface area contributed by atoms with Crippen molar-refractivity contribution in [3.63, 3.8) is 0 Å². The topological polar surface area (TPSA) is 9.23 Å². The molecule has 2 unspecified atom stereocenters. The zero-order chi connectivity index (χ0) is 12.1. The van der Waals surface area contributed by atoms with E-state index in [0.717, 1.165) is 24.5 Å². The third-order valence-electron chi connectivity index (χ3n) is 3.39. The zero-order valence-electron chi connectivity index (χ0n) is 9.87. The lowest BCUT2D eigenvalue weighted by Gasteiger charge is -2.17. The van der Waals surface area contributed by atoms with Gasteiger partial charge in [0.2, 0.25) is 0 Å². The Morgan fingerprint density at radius 2 is 2.18 bits per heavy atom. The first-order valence-electron chi connectivity index (χ1n) is 6.23. The second kappa shape index (κ2) is 6.63. The minimum absolute atomic E-state index is 0.342. The second-order valence-electron chi connectivity index (χ2n) is 4.59. The summed E-state index contributed by atoms with van der Waals surface area (Å²) in [5, 5.41) is 0.825. The summed E-state index contributed by atoms with van der Waals surface area (Å²) in [4.78, 5) is 0. The largest absolute Gasteiger partial charge is 0.378 e. The van der Waals surface area contributed by atoms with Crippen molar-refractivity contribution < 1.29 is 4.74 Å². The number of benzene rings is 1. The lowest BCUT2D eigenvalue weighted by molar-refractivity contribution is 0.101. The van der Waals surface area contributed by atoms with Crippen LogP contribution >= 0.6 is 23.2 Å². The quantitative estimate of drug-likeness (QED) is 0.711. The molecule has 0 radical (unpaired) electrons. The first kappa shape index (κ1) is 13.2. The first-order valence-corrected chi connectivity index (χ1v) is 7.14. The van der Waals surface area contributed by atoms with Gasteiger partial charge in [0.25, 0.3) is 0 Å². The summed E-state index contributed by atoms with van der Waals surface area (Å²) in [5.74, 6) is 0.964. The van der Waals surface area contributed by atoms with E-state index in [-0.39, 0.29) is 0 Å². The molecular formula is C14H18Cl2O. The fourth-order valence-electron chi connectivity index (χ4n) is 2.38. The van der Waals surface area contributed by atoms with Crippen LogP contribution in [0.1, 0.15) is 37.2 Å². The summed E-state index contributed by atoms with van der Waals surface area (Å²) in [5.41, 5.74) is 1.17. The highest BCUT2D eigenvalue weighted by Gasteiger charge is 2.19. The van der Waals surface area contributed by atoms with Gasteiger partial charge < -0.3 is 4.74 Å². The van der Waals surface area contributed by atoms with Crippen molar-refractivity contribution in [2.75, 3.05) is 12.5 Å². The smallest absolute Gasteiger partial charge is 0.0576 e. The third-order valence-corrected chi connectivity index (χ3v) is 4.11. The lowest BCUT2D eigenvalue weighted by atomic mass is 9.94. The second-order valence-corrected chi connectivity index (χ2v) is 5.30. The number of alkyl halides is 1. The molecule has 1 fully saturated rings. The van der Waals surface area contributed by atoms with Gasteiger partial charge in [0, 0.05) is 17.5 Å². The highest BCUT2D eigenvalue weighted by molar-refractivity contribution is 6.31. The Kier molecular flexibility index (Phi) is 5.15. The molecule has 1 aromatic rings. The Bertz CT molecular complexity index is 348. The molecule has 1 nitrogen and oxygen atoms in total. The maximum atomic E-state index is 6.20. The van der Waals surface area contributed by atoms with E-state index in [9.17, 15) is 0 Å². The van der Waals surface area contributed by atoms with Crippen molar-refractivity contribution in [1.29, 1.82) is 0 Å². The Morgan fingerprint density at radius 3 is 2.82 bits per heavy atom. The monoisotopic (exact) mass is 272 g/mol. The molecule has 0 aromatic heterocycles. The van der Waals surface area contributed by atoms with E-state index in [2.05, 4.69) is 6.07 Å². The van der Waals surface area contributed by atoms with E-state index < -0.39 is 0 Å². The molecule has 2 atom stereocenters. The molecule has 0 bridgehead atoms. The van der Waals surface area contributed by atoms with Crippen LogP contribution in [0.2, 0.25) is 5.02 Å². The molecular weight excluding hydrogens is 255 g/mol. The van der Waals surface area contributed by atoms with E-state index in [4.69, 9.17) is 27.9 Å². The van der Waals surface area contributed by atoms with Gasteiger partial charge >= 0.3 is 0 Å². The van der Waals surface area contributed by atoms with Gasteiger partial charge in [-0.3, -0.25) is 0 Å². The van der Waals surface area contributed by atoms with E-state index in [1.165, 1.54) is 18.4 Å². The molecule has 94 valence electrons. The predicted molar refractivity (Wildman–Crippen MR) is 73.1 cm³/mol. The lowest BCUT2D eigenvalue weighted by Crippen LogP contribution is -2.09. The summed E-state index contributed by atoms with van der Waals surface area (Å²) in [6.07, 6.45) is 4.96. The van der Waals surface area contributed by atoms with E-state index in [1.807, 2.05) is 18.2 Å². The molecule has 2 rings (SSSR count). The van der Waals surface area contributed by atoms with Crippen LogP contribution < -0.4 is 0 Å². The zero-order valence-corrected chi connectivity index (χ0v) is 11.4. The molecule has 1 aromatic carbocycles. The van der Waals surface area contributed by atoms with Crippen molar-refractivity contribution in [3.05, 3.63) is 34.9 Å². The number of halogens is 2. The van der Waals surface area contributed by atoms with Crippen LogP contribution in [-0.2, 0) is 4.74 Å². The van der Waals surface area contributed by atoms with Gasteiger partial charge in [0.15, 0.2) is 0 Å². The highest BCUT2D eigenvalue weighted by atomic mass is 35.5. The van der Waals surface area contributed by atoms with Crippen molar-refractivity contribution in [3.8, 4) is 0 Å². The Balaban J connectivity index is 1.94. The highest BCUT2D eigenvalue weighted by Crippen LogP contribution is 2.31. The fraction of sp³-hybridized carbons (Fsp3) is 0.571. The summed E-state index contributed by atoms with van der Waals surface area (Å²) >= 11 is 12.3. The first-order chi connectivity index (χ1) is 8.31. The fourth-order valence-corrected chi connectivity index (χ4v) is 2.99. The average Bonchev–Trinajstić information content (AvgIpc) is 2.85. The number of ether oxygens (including phenoxy) is 1. The average molecular weight is 273 g/mol. The summed E-state index contributed by atoms with van der Waals surface area (Å²) in [7, 11) is 0. The molecule has 0 amide bonds. The molecule has 0 spiro atoms. The van der Waals surface area contributed by atoms with Crippen LogP contribution in [0.5, 0.6) is 0 Å². The number of rotatable bonds is 5. The molecule has 0 aliphatic carbocycles. The van der Waals surface area contributed by atoms with Crippen LogP contribution in [0.3, 0.4) is 0 Å². The van der Waals surface area contributed by atoms with E-state index in [1.54, 1.807) is 0 Å². The summed E-state index contributed by atoms with van der Waals surface area (Å²) < 4.78 is 5.64. The van der Waals surface area contributed by atoms with Gasteiger partial charge in [-0.1, -0.05) is 29.8 Å². The number of hydrogen-bond acceptors (Lipinski definition) is 1. The minimum atomic E-state index is 0.342. The molecule has 1 aliphatic heterocycles. The van der Waals surface area contributed by atoms with E-state index in [0.29, 0.717) is 17.9 Å². The molecule has 3 heteroatoms. The molecule has 0 saturated carbocycles. The molecule has 1 heterocycles. The molecule has 1 saturated heterocycles. The Hall–Kier alpha value is -0.240. The third kappa shape index (κ3) is 3.61. The van der Waals surface area contributed by atoms with Crippen molar-refractivity contribution >= 4 is 23.2 Å². The standard InChI is InChI=1S/C14H18Cl2O/c15-10-11(7-8-12-4-3-9-17-12)13-5-1-2-6-14(13)16/h1-2,5-6,11-12H,3-4,7-10H2. The molecule has 1 aliphatic rings. The van der Waals surface area contributed by atoms with Crippen molar-refractivity contribution in [2.24, 2.45) is 0 Å². The molecule has 17 heavy (non-hydrogen) atoms. The van der Waals surface area contributed by atoms with Gasteiger partial charge in [-0.15, -0.1) is 11.6 Å². The number of hydrogen-bond donors (Lipinski definition) is 0. The SMILES string of the molecule is ClCC(CCC1CCCO1)c1ccccc1Cl. The van der Waals surface area contributed by atoms with Crippen LogP contribution in [0.4, 0.5) is 0 Å². The van der Waals surface area contributed by atoms with Crippen molar-refractivity contribution in [1.82, 2.24) is 0 Å². The summed E-state index contributed by atoms with van der Waals surface area (Å²) in [6, 6.07) is 7.98. The van der Waals surface area contributed by atoms with Gasteiger partial charge in [-0.05, 0) is 43.2 Å². The van der Waals surface area contributed by atoms with Gasteiger partial charge in [-0.25, -0.2) is 0 Å². The van der Waals surface area contributed by atoms with Gasteiger partial charge in [-0.2, -0.15) is 0 Å². The molecule has 0 N–H and O–H groups in total. The maximum Gasteiger partial charge on any atom is 0.0576 e.